The summed E-state index contributed by atoms with van der Waals surface area (Å²) in [6.45, 7) is 0. The van der Waals surface area contributed by atoms with Gasteiger partial charge in [0.25, 0.3) is 5.91 Å². The number of nitrogens with two attached hydrogens (primary N) is 1. The van der Waals surface area contributed by atoms with Crippen LogP contribution in [0.25, 0.3) is 0 Å². The number of primary amides is 1. The fourth-order valence-electron chi connectivity index (χ4n) is 1.45. The van der Waals surface area contributed by atoms with Crippen LogP contribution in [0.4, 0.5) is 8.78 Å². The van der Waals surface area contributed by atoms with Crippen LogP contribution in [0, 0.1) is 11.6 Å². The quantitative estimate of drug-likeness (QED) is 0.645. The van der Waals surface area contributed by atoms with Crippen molar-refractivity contribution in [3.8, 4) is 0 Å². The number of rotatable bonds is 2. The molecule has 24 heavy (non-hydrogen) atoms. The van der Waals surface area contributed by atoms with E-state index in [0.29, 0.717) is 0 Å². The summed E-state index contributed by atoms with van der Waals surface area (Å²) in [5, 5.41) is -0.0403. The van der Waals surface area contributed by atoms with E-state index in [0.717, 1.165) is 36.4 Å². The van der Waals surface area contributed by atoms with Crippen molar-refractivity contribution >= 4 is 41.1 Å². The Morgan fingerprint density at radius 2 is 1.42 bits per heavy atom. The average molecular weight is 373 g/mol. The van der Waals surface area contributed by atoms with E-state index in [9.17, 15) is 23.2 Å². The maximum atomic E-state index is 12.5. The van der Waals surface area contributed by atoms with Gasteiger partial charge in [0, 0.05) is 0 Å². The predicted octanol–water partition coefficient (Wildman–Crippen LogP) is 3.53. The van der Waals surface area contributed by atoms with Crippen LogP contribution >= 0.6 is 23.2 Å². The summed E-state index contributed by atoms with van der Waals surface area (Å²) in [4.78, 5) is 34.1. The molecule has 0 atom stereocenters. The van der Waals surface area contributed by atoms with Crippen molar-refractivity contribution in [2.75, 3.05) is 0 Å². The highest BCUT2D eigenvalue weighted by atomic mass is 35.5. The lowest BCUT2D eigenvalue weighted by molar-refractivity contribution is 0.0993. The number of hydrogen-bond donors (Lipinski definition) is 1. The zero-order chi connectivity index (χ0) is 18.3. The van der Waals surface area contributed by atoms with E-state index >= 15 is 0 Å². The number of aliphatic imine (C=N–C) groups is 1. The summed E-state index contributed by atoms with van der Waals surface area (Å²) in [6, 6.07) is 6.60. The standard InChI is InChI=1S/C8H3ClFNO2.C7H5ClFNO/c9-7-3-5(10)1-2-6(7)8(13)11-4-12;8-6-3-4(9)1-2-5(6)7(10)11/h1-3H;1-3H,(H2,10,11). The fraction of sp³-hybridized carbons (Fsp3) is 0. The van der Waals surface area contributed by atoms with Gasteiger partial charge in [-0.2, -0.15) is 0 Å². The van der Waals surface area contributed by atoms with Gasteiger partial charge in [-0.05, 0) is 36.4 Å². The van der Waals surface area contributed by atoms with Crippen molar-refractivity contribution in [1.29, 1.82) is 0 Å². The third kappa shape index (κ3) is 5.55. The van der Waals surface area contributed by atoms with Crippen LogP contribution in [-0.4, -0.2) is 17.9 Å². The Hall–Kier alpha value is -2.60. The van der Waals surface area contributed by atoms with Gasteiger partial charge in [0.15, 0.2) is 0 Å². The van der Waals surface area contributed by atoms with Crippen LogP contribution in [0.15, 0.2) is 41.4 Å². The lowest BCUT2D eigenvalue weighted by Crippen LogP contribution is -2.11. The number of benzene rings is 2. The Kier molecular flexibility index (Phi) is 7.20. The average Bonchev–Trinajstić information content (AvgIpc) is 2.47. The van der Waals surface area contributed by atoms with E-state index in [2.05, 4.69) is 4.99 Å². The number of isocyanates is 1. The first kappa shape index (κ1) is 19.4. The molecule has 0 aliphatic rings. The minimum atomic E-state index is -0.833. The highest BCUT2D eigenvalue weighted by Gasteiger charge is 2.09. The second kappa shape index (κ2) is 8.88. The number of halogens is 4. The van der Waals surface area contributed by atoms with Gasteiger partial charge in [0.05, 0.1) is 21.2 Å². The molecule has 0 saturated heterocycles. The molecule has 5 nitrogen and oxygen atoms in total. The highest BCUT2D eigenvalue weighted by molar-refractivity contribution is 6.34. The molecule has 0 fully saturated rings. The number of nitrogens with zero attached hydrogens (tertiary/aromatic N) is 1. The van der Waals surface area contributed by atoms with E-state index in [1.165, 1.54) is 6.07 Å². The second-order valence-corrected chi connectivity index (χ2v) is 4.94. The summed E-state index contributed by atoms with van der Waals surface area (Å²) < 4.78 is 24.9. The normalized spacial score (nSPS) is 9.33. The highest BCUT2D eigenvalue weighted by Crippen LogP contribution is 2.18. The Bertz CT molecular complexity index is 837. The lowest BCUT2D eigenvalue weighted by Gasteiger charge is -1.97. The molecule has 124 valence electrons. The maximum absolute atomic E-state index is 12.5. The van der Waals surface area contributed by atoms with Crippen molar-refractivity contribution in [3.05, 3.63) is 69.2 Å². The summed E-state index contributed by atoms with van der Waals surface area (Å²) in [6.07, 6.45) is 1.08. The van der Waals surface area contributed by atoms with E-state index in [4.69, 9.17) is 28.9 Å². The van der Waals surface area contributed by atoms with Crippen LogP contribution in [0.2, 0.25) is 10.0 Å². The third-order valence-corrected chi connectivity index (χ3v) is 3.13. The number of amides is 2. The lowest BCUT2D eigenvalue weighted by atomic mass is 10.2. The molecule has 0 aromatic heterocycles. The second-order valence-electron chi connectivity index (χ2n) is 4.12. The molecule has 2 aromatic carbocycles. The van der Waals surface area contributed by atoms with Gasteiger partial charge in [-0.15, -0.1) is 4.99 Å². The van der Waals surface area contributed by atoms with Crippen LogP contribution in [0.1, 0.15) is 20.7 Å². The SMILES string of the molecule is NC(=O)c1ccc(F)cc1Cl.O=C=NC(=O)c1ccc(F)cc1Cl. The number of carbonyl (C=O) groups is 2. The van der Waals surface area contributed by atoms with E-state index < -0.39 is 23.4 Å². The molecule has 2 rings (SSSR count). The van der Waals surface area contributed by atoms with Gasteiger partial charge in [-0.25, -0.2) is 13.6 Å². The van der Waals surface area contributed by atoms with Gasteiger partial charge in [0.2, 0.25) is 12.0 Å². The van der Waals surface area contributed by atoms with E-state index in [1.54, 1.807) is 0 Å². The van der Waals surface area contributed by atoms with Crippen molar-refractivity contribution in [2.24, 2.45) is 10.7 Å². The topological polar surface area (TPSA) is 89.6 Å². The molecule has 9 heteroatoms. The molecule has 0 radical (unpaired) electrons. The largest absolute Gasteiger partial charge is 0.366 e. The van der Waals surface area contributed by atoms with E-state index in [1.807, 2.05) is 0 Å². The molecular weight excluding hydrogens is 365 g/mol. The molecule has 0 aliphatic heterocycles. The molecule has 0 heterocycles. The van der Waals surface area contributed by atoms with Crippen LogP contribution in [0.3, 0.4) is 0 Å². The summed E-state index contributed by atoms with van der Waals surface area (Å²) in [7, 11) is 0. The van der Waals surface area contributed by atoms with Gasteiger partial charge >= 0.3 is 0 Å². The first-order chi connectivity index (χ1) is 11.3. The molecule has 0 bridgehead atoms. The smallest absolute Gasteiger partial charge is 0.289 e. The summed E-state index contributed by atoms with van der Waals surface area (Å²) in [5.41, 5.74) is 5.03. The maximum Gasteiger partial charge on any atom is 0.289 e. The molecule has 0 spiro atoms. The molecule has 0 aliphatic carbocycles. The van der Waals surface area contributed by atoms with Crippen molar-refractivity contribution in [1.82, 2.24) is 0 Å². The Labute approximate surface area is 144 Å². The molecule has 0 saturated carbocycles. The van der Waals surface area contributed by atoms with Crippen LogP contribution < -0.4 is 5.73 Å². The first-order valence-electron chi connectivity index (χ1n) is 6.08. The molecule has 2 N–H and O–H groups in total. The van der Waals surface area contributed by atoms with Crippen molar-refractivity contribution in [2.45, 2.75) is 0 Å². The number of carbonyl (C=O) groups excluding carboxylic acids is 3. The van der Waals surface area contributed by atoms with Crippen molar-refractivity contribution < 1.29 is 23.2 Å². The molecule has 2 amide bonds. The zero-order valence-corrected chi connectivity index (χ0v) is 13.2. The fourth-order valence-corrected chi connectivity index (χ4v) is 1.96. The monoisotopic (exact) mass is 372 g/mol. The first-order valence-corrected chi connectivity index (χ1v) is 6.84. The van der Waals surface area contributed by atoms with E-state index in [-0.39, 0.29) is 21.2 Å². The summed E-state index contributed by atoms with van der Waals surface area (Å²) in [5.74, 6) is -2.54. The minimum Gasteiger partial charge on any atom is -0.366 e. The van der Waals surface area contributed by atoms with Crippen molar-refractivity contribution in [3.63, 3.8) is 0 Å². The van der Waals surface area contributed by atoms with Crippen LogP contribution in [0.5, 0.6) is 0 Å². The summed E-state index contributed by atoms with van der Waals surface area (Å²) >= 11 is 11.0. The van der Waals surface area contributed by atoms with Gasteiger partial charge in [0.1, 0.15) is 11.6 Å². The Morgan fingerprint density at radius 3 is 1.79 bits per heavy atom. The van der Waals surface area contributed by atoms with Crippen LogP contribution in [-0.2, 0) is 4.79 Å². The molecular formula is C15H8Cl2F2N2O3. The third-order valence-electron chi connectivity index (χ3n) is 2.51. The van der Waals surface area contributed by atoms with Gasteiger partial charge < -0.3 is 5.73 Å². The van der Waals surface area contributed by atoms with Gasteiger partial charge in [-0.1, -0.05) is 23.2 Å². The zero-order valence-electron chi connectivity index (χ0n) is 11.7. The van der Waals surface area contributed by atoms with Gasteiger partial charge in [-0.3, -0.25) is 9.59 Å². The number of hydrogen-bond acceptors (Lipinski definition) is 3. The Morgan fingerprint density at radius 1 is 0.958 bits per heavy atom. The Balaban J connectivity index is 0.000000243. The predicted molar refractivity (Wildman–Crippen MR) is 83.8 cm³/mol. The minimum absolute atomic E-state index is 0.0218. The molecule has 2 aromatic rings. The molecule has 0 unspecified atom stereocenters.